The average molecular weight is 183 g/mol. The number of nitrogens with two attached hydrogens (primary N) is 1. The highest BCUT2D eigenvalue weighted by atomic mass is 16.6. The minimum Gasteiger partial charge on any atom is -0.372 e. The molecule has 0 aromatic heterocycles. The molecule has 0 bridgehead atoms. The summed E-state index contributed by atoms with van der Waals surface area (Å²) in [7, 11) is 1.47. The van der Waals surface area contributed by atoms with Gasteiger partial charge in [0.25, 0.3) is 0 Å². The maximum absolute atomic E-state index is 9.11. The van der Waals surface area contributed by atoms with E-state index in [9.17, 15) is 0 Å². The van der Waals surface area contributed by atoms with Gasteiger partial charge in [0.2, 0.25) is 6.41 Å². The van der Waals surface area contributed by atoms with Crippen molar-refractivity contribution in [1.29, 1.82) is 0 Å². The predicted molar refractivity (Wildman–Crippen MR) is 48.7 cm³/mol. The van der Waals surface area contributed by atoms with Crippen LogP contribution in [-0.2, 0) is 9.53 Å². The molecular weight excluding hydrogens is 170 g/mol. The summed E-state index contributed by atoms with van der Waals surface area (Å²) in [4.78, 5) is 8.58. The summed E-state index contributed by atoms with van der Waals surface area (Å²) in [6, 6.07) is 9.24. The van der Waals surface area contributed by atoms with E-state index in [1.165, 1.54) is 7.11 Å². The SMILES string of the molecule is COC(O)c1ccccc1.NC=O. The second kappa shape index (κ2) is 7.27. The fourth-order valence-electron chi connectivity index (χ4n) is 0.754. The number of hydrogen-bond donors (Lipinski definition) is 2. The van der Waals surface area contributed by atoms with Gasteiger partial charge in [-0.3, -0.25) is 4.79 Å². The largest absolute Gasteiger partial charge is 0.372 e. The lowest BCUT2D eigenvalue weighted by atomic mass is 10.2. The Morgan fingerprint density at radius 2 is 1.92 bits per heavy atom. The number of amides is 1. The van der Waals surface area contributed by atoms with Crippen LogP contribution in [-0.4, -0.2) is 18.6 Å². The number of carbonyl (C=O) groups excluding carboxylic acids is 1. The second-order valence-corrected chi connectivity index (χ2v) is 2.13. The van der Waals surface area contributed by atoms with Gasteiger partial charge in [-0.1, -0.05) is 30.3 Å². The Labute approximate surface area is 76.9 Å². The molecule has 0 aliphatic carbocycles. The van der Waals surface area contributed by atoms with Crippen LogP contribution in [0.5, 0.6) is 0 Å². The highest BCUT2D eigenvalue weighted by Crippen LogP contribution is 2.10. The van der Waals surface area contributed by atoms with Crippen LogP contribution in [0.15, 0.2) is 30.3 Å². The molecule has 13 heavy (non-hydrogen) atoms. The fourth-order valence-corrected chi connectivity index (χ4v) is 0.754. The number of hydrogen-bond acceptors (Lipinski definition) is 3. The number of aliphatic hydroxyl groups is 1. The normalized spacial score (nSPS) is 10.9. The molecule has 3 N–H and O–H groups in total. The van der Waals surface area contributed by atoms with Crippen LogP contribution in [0.25, 0.3) is 0 Å². The van der Waals surface area contributed by atoms with Gasteiger partial charge in [-0.15, -0.1) is 0 Å². The summed E-state index contributed by atoms with van der Waals surface area (Å²) in [5, 5.41) is 9.11. The third-order valence-electron chi connectivity index (χ3n) is 1.31. The zero-order chi connectivity index (χ0) is 10.1. The van der Waals surface area contributed by atoms with Gasteiger partial charge in [0.15, 0.2) is 6.29 Å². The van der Waals surface area contributed by atoms with Gasteiger partial charge in [0, 0.05) is 12.7 Å². The number of benzene rings is 1. The van der Waals surface area contributed by atoms with E-state index in [0.717, 1.165) is 5.56 Å². The van der Waals surface area contributed by atoms with E-state index in [0.29, 0.717) is 0 Å². The molecule has 72 valence electrons. The number of primary amides is 1. The maximum Gasteiger partial charge on any atom is 0.204 e. The van der Waals surface area contributed by atoms with Gasteiger partial charge in [-0.05, 0) is 0 Å². The quantitative estimate of drug-likeness (QED) is 0.515. The van der Waals surface area contributed by atoms with E-state index >= 15 is 0 Å². The van der Waals surface area contributed by atoms with Crippen LogP contribution in [0.3, 0.4) is 0 Å². The molecule has 0 spiro atoms. The van der Waals surface area contributed by atoms with Crippen LogP contribution >= 0.6 is 0 Å². The maximum atomic E-state index is 9.11. The third-order valence-corrected chi connectivity index (χ3v) is 1.31. The Bertz CT molecular complexity index is 226. The molecule has 1 atom stereocenters. The number of aliphatic hydroxyl groups excluding tert-OH is 1. The standard InChI is InChI=1S/C8H10O2.CH3NO/c1-10-8(9)7-5-3-2-4-6-7;2-1-3/h2-6,8-9H,1H3;1H,(H2,2,3). The average Bonchev–Trinajstić information content (AvgIpc) is 2.19. The van der Waals surface area contributed by atoms with Crippen molar-refractivity contribution in [2.45, 2.75) is 6.29 Å². The summed E-state index contributed by atoms with van der Waals surface area (Å²) < 4.78 is 4.69. The first-order valence-electron chi connectivity index (χ1n) is 3.67. The molecule has 1 unspecified atom stereocenters. The van der Waals surface area contributed by atoms with Crippen LogP contribution in [0.4, 0.5) is 0 Å². The van der Waals surface area contributed by atoms with Gasteiger partial charge in [0.1, 0.15) is 0 Å². The van der Waals surface area contributed by atoms with E-state index in [2.05, 4.69) is 5.73 Å². The topological polar surface area (TPSA) is 72.6 Å². The summed E-state index contributed by atoms with van der Waals surface area (Å²) in [5.74, 6) is 0. The van der Waals surface area contributed by atoms with Crippen molar-refractivity contribution in [1.82, 2.24) is 0 Å². The van der Waals surface area contributed by atoms with Gasteiger partial charge in [-0.2, -0.15) is 0 Å². The molecule has 0 saturated heterocycles. The minimum absolute atomic E-state index is 0.250. The van der Waals surface area contributed by atoms with Gasteiger partial charge >= 0.3 is 0 Å². The molecule has 0 saturated carbocycles. The van der Waals surface area contributed by atoms with Crippen LogP contribution < -0.4 is 5.73 Å². The molecule has 1 rings (SSSR count). The predicted octanol–water partition coefficient (Wildman–Crippen LogP) is 0.425. The summed E-state index contributed by atoms with van der Waals surface area (Å²) in [6.07, 6.45) is -0.541. The Morgan fingerprint density at radius 1 is 1.46 bits per heavy atom. The van der Waals surface area contributed by atoms with Crippen molar-refractivity contribution >= 4 is 6.41 Å². The van der Waals surface area contributed by atoms with Crippen molar-refractivity contribution < 1.29 is 14.6 Å². The van der Waals surface area contributed by atoms with E-state index < -0.39 is 6.29 Å². The number of ether oxygens (including phenoxy) is 1. The van der Waals surface area contributed by atoms with Crippen LogP contribution in [0.1, 0.15) is 11.9 Å². The second-order valence-electron chi connectivity index (χ2n) is 2.13. The summed E-state index contributed by atoms with van der Waals surface area (Å²) in [6.45, 7) is 0. The molecule has 0 aliphatic rings. The molecule has 1 amide bonds. The lowest BCUT2D eigenvalue weighted by molar-refractivity contribution is -0.106. The van der Waals surface area contributed by atoms with Crippen LogP contribution in [0, 0.1) is 0 Å². The molecule has 4 nitrogen and oxygen atoms in total. The van der Waals surface area contributed by atoms with Gasteiger partial charge in [-0.25, -0.2) is 0 Å². The fraction of sp³-hybridized carbons (Fsp3) is 0.222. The van der Waals surface area contributed by atoms with E-state index in [-0.39, 0.29) is 6.41 Å². The van der Waals surface area contributed by atoms with Crippen LogP contribution in [0.2, 0.25) is 0 Å². The summed E-state index contributed by atoms with van der Waals surface area (Å²) >= 11 is 0. The highest BCUT2D eigenvalue weighted by molar-refractivity contribution is 5.42. The first kappa shape index (κ1) is 11.6. The molecule has 0 aliphatic heterocycles. The van der Waals surface area contributed by atoms with Crippen molar-refractivity contribution in [3.05, 3.63) is 35.9 Å². The molecular formula is C9H13NO3. The van der Waals surface area contributed by atoms with Crippen molar-refractivity contribution in [3.8, 4) is 0 Å². The first-order chi connectivity index (χ1) is 6.26. The van der Waals surface area contributed by atoms with Gasteiger partial charge < -0.3 is 15.6 Å². The number of methoxy groups -OCH3 is 1. The third kappa shape index (κ3) is 4.95. The van der Waals surface area contributed by atoms with E-state index in [1.807, 2.05) is 30.3 Å². The molecule has 4 heteroatoms. The van der Waals surface area contributed by atoms with E-state index in [4.69, 9.17) is 14.6 Å². The Hall–Kier alpha value is -1.39. The highest BCUT2D eigenvalue weighted by Gasteiger charge is 2.01. The first-order valence-corrected chi connectivity index (χ1v) is 3.67. The number of carbonyl (C=O) groups is 1. The van der Waals surface area contributed by atoms with Crippen molar-refractivity contribution in [3.63, 3.8) is 0 Å². The zero-order valence-electron chi connectivity index (χ0n) is 7.38. The minimum atomic E-state index is -0.791. The lowest BCUT2D eigenvalue weighted by Crippen LogP contribution is -1.97. The Balaban J connectivity index is 0.000000424. The van der Waals surface area contributed by atoms with E-state index in [1.54, 1.807) is 0 Å². The monoisotopic (exact) mass is 183 g/mol. The molecule has 1 aromatic rings. The molecule has 0 radical (unpaired) electrons. The van der Waals surface area contributed by atoms with Crippen molar-refractivity contribution in [2.24, 2.45) is 5.73 Å². The molecule has 0 heterocycles. The van der Waals surface area contributed by atoms with Crippen molar-refractivity contribution in [2.75, 3.05) is 7.11 Å². The Morgan fingerprint density at radius 3 is 2.31 bits per heavy atom. The smallest absolute Gasteiger partial charge is 0.204 e. The lowest BCUT2D eigenvalue weighted by Gasteiger charge is -2.06. The summed E-state index contributed by atoms with van der Waals surface area (Å²) in [5.41, 5.74) is 4.95. The van der Waals surface area contributed by atoms with Gasteiger partial charge in [0.05, 0.1) is 0 Å². The number of rotatable bonds is 2. The molecule has 0 fully saturated rings. The Kier molecular flexibility index (Phi) is 6.49. The molecule has 1 aromatic carbocycles. The zero-order valence-corrected chi connectivity index (χ0v) is 7.38.